The van der Waals surface area contributed by atoms with Gasteiger partial charge in [0.1, 0.15) is 0 Å². The fourth-order valence-corrected chi connectivity index (χ4v) is 6.19. The normalized spacial score (nSPS) is 52.9. The smallest absolute Gasteiger partial charge is 0.0157 e. The molecule has 0 aromatic rings. The lowest BCUT2D eigenvalue weighted by Crippen LogP contribution is -2.57. The Morgan fingerprint density at radius 2 is 1.95 bits per heavy atom. The molecular formula is C20H33N. The maximum atomic E-state index is 6.75. The van der Waals surface area contributed by atoms with E-state index in [0.29, 0.717) is 11.3 Å². The fourth-order valence-electron chi connectivity index (χ4n) is 6.19. The van der Waals surface area contributed by atoms with Crippen molar-refractivity contribution in [3.8, 4) is 0 Å². The monoisotopic (exact) mass is 287 g/mol. The third kappa shape index (κ3) is 2.23. The summed E-state index contributed by atoms with van der Waals surface area (Å²) in [6, 6.07) is 0. The summed E-state index contributed by atoms with van der Waals surface area (Å²) in [6.07, 6.45) is 11.4. The standard InChI is InChI=1S/C20H33N/c1-13(2)8-11-20-12-14(3)16-9-10-19(5,21)17(18(16)20)7-6-15(20)4/h8,11,14-18H,1,6-7,9-10,12,21H2,2-5H3/b11-8+/t14-,15+,16+,17-,18+,19-,20-/m0/s1. The Morgan fingerprint density at radius 1 is 1.24 bits per heavy atom. The molecule has 0 saturated heterocycles. The van der Waals surface area contributed by atoms with E-state index in [4.69, 9.17) is 5.73 Å². The molecule has 3 aliphatic carbocycles. The van der Waals surface area contributed by atoms with Crippen molar-refractivity contribution in [2.75, 3.05) is 0 Å². The first kappa shape index (κ1) is 15.3. The molecule has 0 heterocycles. The summed E-state index contributed by atoms with van der Waals surface area (Å²) < 4.78 is 0. The van der Waals surface area contributed by atoms with Crippen molar-refractivity contribution in [2.24, 2.45) is 40.7 Å². The first-order valence-corrected chi connectivity index (χ1v) is 8.91. The van der Waals surface area contributed by atoms with Crippen LogP contribution < -0.4 is 5.73 Å². The molecule has 0 radical (unpaired) electrons. The van der Waals surface area contributed by atoms with Crippen LogP contribution in [0, 0.1) is 35.0 Å². The molecule has 0 bridgehead atoms. The van der Waals surface area contributed by atoms with Gasteiger partial charge in [-0.1, -0.05) is 38.2 Å². The maximum absolute atomic E-state index is 6.75. The summed E-state index contributed by atoms with van der Waals surface area (Å²) in [5, 5.41) is 0. The van der Waals surface area contributed by atoms with Gasteiger partial charge in [0.2, 0.25) is 0 Å². The highest BCUT2D eigenvalue weighted by Crippen LogP contribution is 2.67. The Bertz CT molecular complexity index is 460. The first-order chi connectivity index (χ1) is 9.78. The van der Waals surface area contributed by atoms with E-state index in [-0.39, 0.29) is 5.54 Å². The molecule has 2 N–H and O–H groups in total. The second-order valence-corrected chi connectivity index (χ2v) is 8.79. The summed E-state index contributed by atoms with van der Waals surface area (Å²) in [5.74, 6) is 4.05. The van der Waals surface area contributed by atoms with E-state index in [1.807, 2.05) is 0 Å². The van der Waals surface area contributed by atoms with Gasteiger partial charge in [-0.2, -0.15) is 0 Å². The van der Waals surface area contributed by atoms with Gasteiger partial charge >= 0.3 is 0 Å². The van der Waals surface area contributed by atoms with E-state index in [1.165, 1.54) is 37.7 Å². The highest BCUT2D eigenvalue weighted by atomic mass is 14.8. The lowest BCUT2D eigenvalue weighted by molar-refractivity contribution is -0.0314. The molecule has 7 atom stereocenters. The maximum Gasteiger partial charge on any atom is 0.0157 e. The number of hydrogen-bond donors (Lipinski definition) is 1. The summed E-state index contributed by atoms with van der Waals surface area (Å²) in [7, 11) is 0. The van der Waals surface area contributed by atoms with Crippen molar-refractivity contribution in [3.63, 3.8) is 0 Å². The molecule has 0 amide bonds. The van der Waals surface area contributed by atoms with Crippen LogP contribution in [-0.2, 0) is 0 Å². The minimum Gasteiger partial charge on any atom is -0.325 e. The van der Waals surface area contributed by atoms with Crippen LogP contribution in [0.2, 0.25) is 0 Å². The van der Waals surface area contributed by atoms with Gasteiger partial charge in [0.25, 0.3) is 0 Å². The fraction of sp³-hybridized carbons (Fsp3) is 0.800. The largest absolute Gasteiger partial charge is 0.325 e. The minimum atomic E-state index is 0.0493. The van der Waals surface area contributed by atoms with Gasteiger partial charge in [0.15, 0.2) is 0 Å². The van der Waals surface area contributed by atoms with Crippen molar-refractivity contribution < 1.29 is 0 Å². The van der Waals surface area contributed by atoms with Gasteiger partial charge in [-0.25, -0.2) is 0 Å². The molecule has 0 spiro atoms. The van der Waals surface area contributed by atoms with Crippen LogP contribution in [0.4, 0.5) is 0 Å². The van der Waals surface area contributed by atoms with Gasteiger partial charge in [-0.05, 0) is 81.0 Å². The molecule has 0 aromatic carbocycles. The molecule has 3 aliphatic rings. The van der Waals surface area contributed by atoms with Crippen LogP contribution in [0.1, 0.15) is 59.8 Å². The average Bonchev–Trinajstić information content (AvgIpc) is 2.68. The highest BCUT2D eigenvalue weighted by molar-refractivity contribution is 5.23. The lowest BCUT2D eigenvalue weighted by atomic mass is 9.50. The molecule has 0 aliphatic heterocycles. The van der Waals surface area contributed by atoms with Gasteiger partial charge < -0.3 is 5.73 Å². The Balaban J connectivity index is 2.05. The van der Waals surface area contributed by atoms with Crippen LogP contribution in [0.5, 0.6) is 0 Å². The summed E-state index contributed by atoms with van der Waals surface area (Å²) in [4.78, 5) is 0. The molecule has 21 heavy (non-hydrogen) atoms. The second kappa shape index (κ2) is 4.98. The van der Waals surface area contributed by atoms with Gasteiger partial charge in [0, 0.05) is 5.54 Å². The molecule has 3 saturated carbocycles. The van der Waals surface area contributed by atoms with E-state index in [9.17, 15) is 0 Å². The van der Waals surface area contributed by atoms with Crippen molar-refractivity contribution in [2.45, 2.75) is 65.3 Å². The third-order valence-electron chi connectivity index (χ3n) is 7.29. The van der Waals surface area contributed by atoms with Crippen LogP contribution >= 0.6 is 0 Å². The molecule has 1 heteroatoms. The summed E-state index contributed by atoms with van der Waals surface area (Å²) in [5.41, 5.74) is 8.36. The lowest BCUT2D eigenvalue weighted by Gasteiger charge is -2.56. The van der Waals surface area contributed by atoms with E-state index in [2.05, 4.69) is 46.4 Å². The number of allylic oxidation sites excluding steroid dienone is 3. The highest BCUT2D eigenvalue weighted by Gasteiger charge is 2.61. The van der Waals surface area contributed by atoms with Gasteiger partial charge in [-0.15, -0.1) is 0 Å². The molecule has 3 fully saturated rings. The Morgan fingerprint density at radius 3 is 2.62 bits per heavy atom. The molecule has 0 aromatic heterocycles. The van der Waals surface area contributed by atoms with Crippen molar-refractivity contribution >= 4 is 0 Å². The zero-order valence-electron chi connectivity index (χ0n) is 14.4. The third-order valence-corrected chi connectivity index (χ3v) is 7.29. The quantitative estimate of drug-likeness (QED) is 0.716. The van der Waals surface area contributed by atoms with Crippen LogP contribution in [0.25, 0.3) is 0 Å². The van der Waals surface area contributed by atoms with E-state index in [0.717, 1.165) is 23.7 Å². The summed E-state index contributed by atoms with van der Waals surface area (Å²) in [6.45, 7) is 13.5. The van der Waals surface area contributed by atoms with E-state index in [1.54, 1.807) is 0 Å². The topological polar surface area (TPSA) is 26.0 Å². The molecule has 1 nitrogen and oxygen atoms in total. The number of nitrogens with two attached hydrogens (primary N) is 1. The van der Waals surface area contributed by atoms with Gasteiger partial charge in [0.05, 0.1) is 0 Å². The molecule has 3 rings (SSSR count). The van der Waals surface area contributed by atoms with Crippen LogP contribution in [-0.4, -0.2) is 5.54 Å². The van der Waals surface area contributed by atoms with Crippen molar-refractivity contribution in [3.05, 3.63) is 24.3 Å². The number of rotatable bonds is 2. The molecule has 0 unspecified atom stereocenters. The zero-order valence-corrected chi connectivity index (χ0v) is 14.4. The van der Waals surface area contributed by atoms with Crippen LogP contribution in [0.3, 0.4) is 0 Å². The first-order valence-electron chi connectivity index (χ1n) is 8.91. The van der Waals surface area contributed by atoms with E-state index >= 15 is 0 Å². The zero-order chi connectivity index (χ0) is 15.4. The minimum absolute atomic E-state index is 0.0493. The average molecular weight is 287 g/mol. The van der Waals surface area contributed by atoms with Crippen molar-refractivity contribution in [1.82, 2.24) is 0 Å². The predicted octanol–water partition coefficient (Wildman–Crippen LogP) is 4.93. The molecule has 118 valence electrons. The molecular weight excluding hydrogens is 254 g/mol. The second-order valence-electron chi connectivity index (χ2n) is 8.79. The SMILES string of the molecule is C=C(C)/C=C/[C@]12C[C@H](C)[C@H]3CC[C@](C)(N)[C@@H](CC[C@H]1C)[C@@H]32. The number of hydrogen-bond acceptors (Lipinski definition) is 1. The Labute approximate surface area is 131 Å². The summed E-state index contributed by atoms with van der Waals surface area (Å²) >= 11 is 0. The Hall–Kier alpha value is -0.560. The predicted molar refractivity (Wildman–Crippen MR) is 90.9 cm³/mol. The Kier molecular flexibility index (Phi) is 3.64. The van der Waals surface area contributed by atoms with Crippen molar-refractivity contribution in [1.29, 1.82) is 0 Å². The van der Waals surface area contributed by atoms with E-state index < -0.39 is 0 Å². The van der Waals surface area contributed by atoms with Gasteiger partial charge in [-0.3, -0.25) is 0 Å². The van der Waals surface area contributed by atoms with Crippen LogP contribution in [0.15, 0.2) is 24.3 Å².